The highest BCUT2D eigenvalue weighted by molar-refractivity contribution is 5.76. The van der Waals surface area contributed by atoms with Crippen molar-refractivity contribution in [1.82, 2.24) is 14.9 Å². The Bertz CT molecular complexity index is 519. The van der Waals surface area contributed by atoms with Crippen molar-refractivity contribution in [1.29, 1.82) is 0 Å². The van der Waals surface area contributed by atoms with Crippen LogP contribution in [0.5, 0.6) is 0 Å². The predicted molar refractivity (Wildman–Crippen MR) is 58.3 cm³/mol. The van der Waals surface area contributed by atoms with Gasteiger partial charge in [-0.3, -0.25) is 0 Å². The van der Waals surface area contributed by atoms with Gasteiger partial charge in [-0.05, 0) is 13.1 Å². The second-order valence-electron chi connectivity index (χ2n) is 3.70. The number of imidazole rings is 1. The lowest BCUT2D eigenvalue weighted by Gasteiger charge is -2.01. The van der Waals surface area contributed by atoms with Crippen LogP contribution in [0.25, 0.3) is 11.0 Å². The van der Waals surface area contributed by atoms with Crippen molar-refractivity contribution in [2.45, 2.75) is 6.42 Å². The summed E-state index contributed by atoms with van der Waals surface area (Å²) in [6.07, 6.45) is 0.683. The number of aryl methyl sites for hydroxylation is 1. The van der Waals surface area contributed by atoms with E-state index in [-0.39, 0.29) is 5.52 Å². The van der Waals surface area contributed by atoms with E-state index in [2.05, 4.69) is 10.3 Å². The molecule has 0 bridgehead atoms. The van der Waals surface area contributed by atoms with Crippen molar-refractivity contribution in [2.24, 2.45) is 7.05 Å². The summed E-state index contributed by atoms with van der Waals surface area (Å²) >= 11 is 0. The summed E-state index contributed by atoms with van der Waals surface area (Å²) in [5.41, 5.74) is 0.721. The molecule has 0 amide bonds. The number of hydrogen-bond acceptors (Lipinski definition) is 2. The van der Waals surface area contributed by atoms with Crippen molar-refractivity contribution < 1.29 is 8.78 Å². The second kappa shape index (κ2) is 4.17. The molecule has 86 valence electrons. The van der Waals surface area contributed by atoms with Gasteiger partial charge in [-0.15, -0.1) is 0 Å². The molecule has 0 aliphatic carbocycles. The van der Waals surface area contributed by atoms with Gasteiger partial charge in [0.25, 0.3) is 0 Å². The van der Waals surface area contributed by atoms with E-state index in [1.165, 1.54) is 6.07 Å². The summed E-state index contributed by atoms with van der Waals surface area (Å²) in [4.78, 5) is 4.17. The van der Waals surface area contributed by atoms with Crippen LogP contribution in [-0.4, -0.2) is 23.1 Å². The van der Waals surface area contributed by atoms with Gasteiger partial charge in [0, 0.05) is 26.1 Å². The van der Waals surface area contributed by atoms with Crippen LogP contribution in [0.3, 0.4) is 0 Å². The summed E-state index contributed by atoms with van der Waals surface area (Å²) in [5.74, 6) is -0.441. The molecular weight excluding hydrogens is 212 g/mol. The molecule has 0 aliphatic heterocycles. The van der Waals surface area contributed by atoms with Crippen molar-refractivity contribution in [2.75, 3.05) is 13.6 Å². The summed E-state index contributed by atoms with van der Waals surface area (Å²) in [7, 11) is 3.60. The third-order valence-corrected chi connectivity index (χ3v) is 2.60. The Balaban J connectivity index is 2.54. The van der Waals surface area contributed by atoms with E-state index in [9.17, 15) is 8.78 Å². The van der Waals surface area contributed by atoms with Crippen molar-refractivity contribution in [3.05, 3.63) is 29.6 Å². The van der Waals surface area contributed by atoms with Gasteiger partial charge >= 0.3 is 0 Å². The third kappa shape index (κ3) is 1.78. The number of nitrogens with one attached hydrogen (secondary N) is 1. The van der Waals surface area contributed by atoms with Crippen LogP contribution in [0.15, 0.2) is 12.1 Å². The maximum Gasteiger partial charge on any atom is 0.153 e. The molecule has 1 aromatic heterocycles. The molecule has 0 saturated carbocycles. The number of likely N-dealkylation sites (N-methyl/N-ethyl adjacent to an activating group) is 1. The maximum absolute atomic E-state index is 13.4. The molecule has 2 aromatic rings. The SMILES string of the molecule is CNCCc1nc2c(F)cc(F)cc2n1C. The van der Waals surface area contributed by atoms with Crippen LogP contribution in [-0.2, 0) is 13.5 Å². The Hall–Kier alpha value is -1.49. The van der Waals surface area contributed by atoms with E-state index in [1.54, 1.807) is 11.6 Å². The number of fused-ring (bicyclic) bond motifs is 1. The molecule has 1 heterocycles. The molecule has 0 spiro atoms. The van der Waals surface area contributed by atoms with Gasteiger partial charge in [-0.25, -0.2) is 13.8 Å². The van der Waals surface area contributed by atoms with E-state index in [0.717, 1.165) is 18.4 Å². The number of hydrogen-bond donors (Lipinski definition) is 1. The molecule has 1 aromatic carbocycles. The number of rotatable bonds is 3. The summed E-state index contributed by atoms with van der Waals surface area (Å²) < 4.78 is 28.2. The normalized spacial score (nSPS) is 11.2. The molecule has 0 fully saturated rings. The Morgan fingerprint density at radius 2 is 2.12 bits per heavy atom. The zero-order valence-corrected chi connectivity index (χ0v) is 9.22. The molecular formula is C11H13F2N3. The molecule has 2 rings (SSSR count). The van der Waals surface area contributed by atoms with Gasteiger partial charge in [-0.2, -0.15) is 0 Å². The first-order valence-electron chi connectivity index (χ1n) is 5.08. The molecule has 0 atom stereocenters. The Morgan fingerprint density at radius 1 is 1.38 bits per heavy atom. The van der Waals surface area contributed by atoms with Crippen molar-refractivity contribution in [3.8, 4) is 0 Å². The molecule has 16 heavy (non-hydrogen) atoms. The summed E-state index contributed by atoms with van der Waals surface area (Å²) in [6.45, 7) is 0.751. The van der Waals surface area contributed by atoms with Gasteiger partial charge < -0.3 is 9.88 Å². The minimum atomic E-state index is -0.610. The van der Waals surface area contributed by atoms with E-state index in [4.69, 9.17) is 0 Å². The number of benzene rings is 1. The van der Waals surface area contributed by atoms with Gasteiger partial charge in [0.1, 0.15) is 17.2 Å². The van der Waals surface area contributed by atoms with Gasteiger partial charge in [0.15, 0.2) is 5.82 Å². The molecule has 0 radical (unpaired) electrons. The zero-order chi connectivity index (χ0) is 11.7. The first kappa shape index (κ1) is 11.0. The number of nitrogens with zero attached hydrogens (tertiary/aromatic N) is 2. The monoisotopic (exact) mass is 225 g/mol. The summed E-state index contributed by atoms with van der Waals surface area (Å²) in [5, 5.41) is 2.99. The largest absolute Gasteiger partial charge is 0.331 e. The predicted octanol–water partition coefficient (Wildman–Crippen LogP) is 1.61. The van der Waals surface area contributed by atoms with Gasteiger partial charge in [0.05, 0.1) is 5.52 Å². The molecule has 0 aliphatic rings. The van der Waals surface area contributed by atoms with Crippen molar-refractivity contribution in [3.63, 3.8) is 0 Å². The first-order valence-corrected chi connectivity index (χ1v) is 5.08. The molecule has 5 heteroatoms. The number of halogens is 2. The third-order valence-electron chi connectivity index (χ3n) is 2.60. The van der Waals surface area contributed by atoms with E-state index < -0.39 is 11.6 Å². The van der Waals surface area contributed by atoms with Crippen LogP contribution in [0.2, 0.25) is 0 Å². The fourth-order valence-electron chi connectivity index (χ4n) is 1.72. The minimum Gasteiger partial charge on any atom is -0.331 e. The highest BCUT2D eigenvalue weighted by Gasteiger charge is 2.12. The molecule has 3 nitrogen and oxygen atoms in total. The van der Waals surface area contributed by atoms with E-state index in [1.807, 2.05) is 7.05 Å². The summed E-state index contributed by atoms with van der Waals surface area (Å²) in [6, 6.07) is 2.16. The highest BCUT2D eigenvalue weighted by Crippen LogP contribution is 2.19. The lowest BCUT2D eigenvalue weighted by atomic mass is 10.3. The zero-order valence-electron chi connectivity index (χ0n) is 9.22. The Morgan fingerprint density at radius 3 is 2.81 bits per heavy atom. The van der Waals surface area contributed by atoms with Crippen LogP contribution in [0.4, 0.5) is 8.78 Å². The first-order chi connectivity index (χ1) is 7.63. The Labute approximate surface area is 92.1 Å². The Kier molecular flexibility index (Phi) is 2.87. The smallest absolute Gasteiger partial charge is 0.153 e. The lowest BCUT2D eigenvalue weighted by molar-refractivity contribution is 0.590. The van der Waals surface area contributed by atoms with Crippen LogP contribution in [0.1, 0.15) is 5.82 Å². The van der Waals surface area contributed by atoms with Crippen LogP contribution >= 0.6 is 0 Å². The maximum atomic E-state index is 13.4. The number of aromatic nitrogens is 2. The van der Waals surface area contributed by atoms with Crippen molar-refractivity contribution >= 4 is 11.0 Å². The van der Waals surface area contributed by atoms with Crippen LogP contribution < -0.4 is 5.32 Å². The lowest BCUT2D eigenvalue weighted by Crippen LogP contribution is -2.12. The molecule has 1 N–H and O–H groups in total. The molecule has 0 saturated heterocycles. The van der Waals surface area contributed by atoms with E-state index >= 15 is 0 Å². The second-order valence-corrected chi connectivity index (χ2v) is 3.70. The van der Waals surface area contributed by atoms with Gasteiger partial charge in [-0.1, -0.05) is 0 Å². The average Bonchev–Trinajstić information content (AvgIpc) is 2.54. The fourth-order valence-corrected chi connectivity index (χ4v) is 1.72. The average molecular weight is 225 g/mol. The quantitative estimate of drug-likeness (QED) is 0.860. The van der Waals surface area contributed by atoms with E-state index in [0.29, 0.717) is 11.9 Å². The minimum absolute atomic E-state index is 0.231. The topological polar surface area (TPSA) is 29.9 Å². The molecule has 0 unspecified atom stereocenters. The standard InChI is InChI=1S/C11H13F2N3/c1-14-4-3-10-15-11-8(13)5-7(12)6-9(11)16(10)2/h5-6,14H,3-4H2,1-2H3. The van der Waals surface area contributed by atoms with Crippen LogP contribution in [0, 0.1) is 11.6 Å². The highest BCUT2D eigenvalue weighted by atomic mass is 19.1. The van der Waals surface area contributed by atoms with Gasteiger partial charge in [0.2, 0.25) is 0 Å². The fraction of sp³-hybridized carbons (Fsp3) is 0.364.